The molecule has 1 unspecified atom stereocenters. The molecule has 0 aromatic heterocycles. The van der Waals surface area contributed by atoms with Crippen LogP contribution in [0.25, 0.3) is 0 Å². The van der Waals surface area contributed by atoms with Gasteiger partial charge in [0.15, 0.2) is 0 Å². The van der Waals surface area contributed by atoms with Crippen molar-refractivity contribution in [3.8, 4) is 0 Å². The van der Waals surface area contributed by atoms with Crippen molar-refractivity contribution in [3.05, 3.63) is 0 Å². The zero-order valence-corrected chi connectivity index (χ0v) is 9.06. The van der Waals surface area contributed by atoms with Crippen LogP contribution in [0.1, 0.15) is 26.2 Å². The van der Waals surface area contributed by atoms with Gasteiger partial charge in [0, 0.05) is 0 Å². The van der Waals surface area contributed by atoms with E-state index in [-0.39, 0.29) is 11.8 Å². The van der Waals surface area contributed by atoms with E-state index >= 15 is 0 Å². The Kier molecular flexibility index (Phi) is 3.88. The lowest BCUT2D eigenvalue weighted by Gasteiger charge is -2.10. The number of amides is 1. The van der Waals surface area contributed by atoms with E-state index in [2.05, 4.69) is 10.0 Å². The molecule has 6 heteroatoms. The maximum Gasteiger partial charge on any atom is 0.250 e. The van der Waals surface area contributed by atoms with Gasteiger partial charge in [-0.2, -0.15) is 0 Å². The van der Waals surface area contributed by atoms with Gasteiger partial charge in [-0.3, -0.25) is 9.52 Å². The van der Waals surface area contributed by atoms with Crippen molar-refractivity contribution in [3.63, 3.8) is 0 Å². The Bertz CT molecular complexity index is 294. The van der Waals surface area contributed by atoms with Gasteiger partial charge in [-0.1, -0.05) is 6.92 Å². The molecule has 14 heavy (non-hydrogen) atoms. The number of hydrogen-bond donors (Lipinski definition) is 2. The first kappa shape index (κ1) is 11.5. The zero-order valence-electron chi connectivity index (χ0n) is 8.25. The minimum absolute atomic E-state index is 0.00542. The number of rotatable bonds is 4. The SMILES string of the molecule is CCCS(=O)(=O)NC(=O)C1CCCN1. The van der Waals surface area contributed by atoms with Gasteiger partial charge in [0.25, 0.3) is 5.91 Å². The fourth-order valence-corrected chi connectivity index (χ4v) is 2.54. The van der Waals surface area contributed by atoms with Gasteiger partial charge in [-0.25, -0.2) is 8.42 Å². The minimum atomic E-state index is -3.41. The Morgan fingerprint density at radius 1 is 1.57 bits per heavy atom. The van der Waals surface area contributed by atoms with Crippen LogP contribution in [0.15, 0.2) is 0 Å². The van der Waals surface area contributed by atoms with Crippen molar-refractivity contribution in [1.29, 1.82) is 0 Å². The summed E-state index contributed by atoms with van der Waals surface area (Å²) in [6.45, 7) is 2.55. The van der Waals surface area contributed by atoms with Crippen LogP contribution in [-0.4, -0.2) is 32.7 Å². The van der Waals surface area contributed by atoms with Crippen molar-refractivity contribution < 1.29 is 13.2 Å². The van der Waals surface area contributed by atoms with Gasteiger partial charge >= 0.3 is 0 Å². The molecule has 0 aliphatic carbocycles. The number of hydrogen-bond acceptors (Lipinski definition) is 4. The van der Waals surface area contributed by atoms with Crippen LogP contribution < -0.4 is 10.0 Å². The van der Waals surface area contributed by atoms with Crippen LogP contribution >= 0.6 is 0 Å². The van der Waals surface area contributed by atoms with Crippen LogP contribution in [0.5, 0.6) is 0 Å². The largest absolute Gasteiger partial charge is 0.306 e. The highest BCUT2D eigenvalue weighted by atomic mass is 32.2. The Morgan fingerprint density at radius 3 is 2.79 bits per heavy atom. The summed E-state index contributed by atoms with van der Waals surface area (Å²) >= 11 is 0. The minimum Gasteiger partial charge on any atom is -0.306 e. The average molecular weight is 220 g/mol. The fourth-order valence-electron chi connectivity index (χ4n) is 1.45. The molecular weight excluding hydrogens is 204 g/mol. The third kappa shape index (κ3) is 3.26. The lowest BCUT2D eigenvalue weighted by Crippen LogP contribution is -2.43. The number of carbonyl (C=O) groups excluding carboxylic acids is 1. The second kappa shape index (κ2) is 4.75. The molecule has 5 nitrogen and oxygen atoms in total. The Balaban J connectivity index is 2.47. The number of sulfonamides is 1. The molecule has 0 saturated carbocycles. The van der Waals surface area contributed by atoms with E-state index in [1.54, 1.807) is 6.92 Å². The van der Waals surface area contributed by atoms with Crippen LogP contribution in [0, 0.1) is 0 Å². The van der Waals surface area contributed by atoms with Crippen molar-refractivity contribution in [2.45, 2.75) is 32.2 Å². The number of carbonyl (C=O) groups is 1. The van der Waals surface area contributed by atoms with E-state index in [1.165, 1.54) is 0 Å². The van der Waals surface area contributed by atoms with Gasteiger partial charge in [0.1, 0.15) is 0 Å². The second-order valence-electron chi connectivity index (χ2n) is 3.43. The zero-order chi connectivity index (χ0) is 10.6. The Labute approximate surface area is 84.3 Å². The van der Waals surface area contributed by atoms with Crippen LogP contribution in [-0.2, 0) is 14.8 Å². The van der Waals surface area contributed by atoms with Crippen molar-refractivity contribution >= 4 is 15.9 Å². The number of nitrogens with one attached hydrogen (secondary N) is 2. The third-order valence-electron chi connectivity index (χ3n) is 2.11. The highest BCUT2D eigenvalue weighted by Gasteiger charge is 2.25. The van der Waals surface area contributed by atoms with Crippen molar-refractivity contribution in [2.24, 2.45) is 0 Å². The molecular formula is C8H16N2O3S. The van der Waals surface area contributed by atoms with Crippen LogP contribution in [0.4, 0.5) is 0 Å². The van der Waals surface area contributed by atoms with E-state index in [1.807, 2.05) is 0 Å². The maximum atomic E-state index is 11.4. The van der Waals surface area contributed by atoms with E-state index < -0.39 is 15.9 Å². The van der Waals surface area contributed by atoms with Gasteiger partial charge in [-0.15, -0.1) is 0 Å². The molecule has 1 aliphatic rings. The molecule has 0 bridgehead atoms. The molecule has 0 spiro atoms. The second-order valence-corrected chi connectivity index (χ2v) is 5.28. The highest BCUT2D eigenvalue weighted by molar-refractivity contribution is 7.90. The molecule has 1 atom stereocenters. The standard InChI is InChI=1S/C8H16N2O3S/c1-2-6-14(12,13)10-8(11)7-4-3-5-9-7/h7,9H,2-6H2,1H3,(H,10,11). The lowest BCUT2D eigenvalue weighted by molar-refractivity contribution is -0.121. The molecule has 1 heterocycles. The summed E-state index contributed by atoms with van der Waals surface area (Å²) in [5.41, 5.74) is 0. The summed E-state index contributed by atoms with van der Waals surface area (Å²) in [5.74, 6) is -0.415. The maximum absolute atomic E-state index is 11.4. The smallest absolute Gasteiger partial charge is 0.250 e. The van der Waals surface area contributed by atoms with Crippen LogP contribution in [0.2, 0.25) is 0 Å². The highest BCUT2D eigenvalue weighted by Crippen LogP contribution is 2.05. The topological polar surface area (TPSA) is 75.3 Å². The molecule has 1 amide bonds. The first-order valence-electron chi connectivity index (χ1n) is 4.83. The van der Waals surface area contributed by atoms with E-state index in [4.69, 9.17) is 0 Å². The van der Waals surface area contributed by atoms with Crippen molar-refractivity contribution in [1.82, 2.24) is 10.0 Å². The van der Waals surface area contributed by atoms with Gasteiger partial charge < -0.3 is 5.32 Å². The molecule has 2 N–H and O–H groups in total. The summed E-state index contributed by atoms with van der Waals surface area (Å²) in [5, 5.41) is 2.94. The van der Waals surface area contributed by atoms with Gasteiger partial charge in [0.2, 0.25) is 10.0 Å². The first-order valence-corrected chi connectivity index (χ1v) is 6.48. The fraction of sp³-hybridized carbons (Fsp3) is 0.875. The van der Waals surface area contributed by atoms with E-state index in [9.17, 15) is 13.2 Å². The predicted molar refractivity (Wildman–Crippen MR) is 53.2 cm³/mol. The molecule has 1 rings (SSSR count). The molecule has 82 valence electrons. The van der Waals surface area contributed by atoms with E-state index in [0.717, 1.165) is 13.0 Å². The lowest BCUT2D eigenvalue weighted by atomic mass is 10.2. The Morgan fingerprint density at radius 2 is 2.29 bits per heavy atom. The summed E-state index contributed by atoms with van der Waals surface area (Å²) < 4.78 is 24.5. The summed E-state index contributed by atoms with van der Waals surface area (Å²) in [6.07, 6.45) is 2.15. The molecule has 1 aliphatic heterocycles. The molecule has 0 radical (unpaired) electrons. The summed E-state index contributed by atoms with van der Waals surface area (Å²) in [6, 6.07) is -0.332. The Hall–Kier alpha value is -0.620. The van der Waals surface area contributed by atoms with Gasteiger partial charge in [0.05, 0.1) is 11.8 Å². The summed E-state index contributed by atoms with van der Waals surface area (Å²) in [4.78, 5) is 11.4. The van der Waals surface area contributed by atoms with Gasteiger partial charge in [-0.05, 0) is 25.8 Å². The van der Waals surface area contributed by atoms with Crippen molar-refractivity contribution in [2.75, 3.05) is 12.3 Å². The van der Waals surface area contributed by atoms with E-state index in [0.29, 0.717) is 12.8 Å². The molecule has 1 fully saturated rings. The molecule has 1 saturated heterocycles. The normalized spacial score (nSPS) is 22.2. The monoisotopic (exact) mass is 220 g/mol. The third-order valence-corrected chi connectivity index (χ3v) is 3.56. The first-order chi connectivity index (χ1) is 6.55. The quantitative estimate of drug-likeness (QED) is 0.675. The summed E-state index contributed by atoms with van der Waals surface area (Å²) in [7, 11) is -3.41. The average Bonchev–Trinajstić information content (AvgIpc) is 2.53. The predicted octanol–water partition coefficient (Wildman–Crippen LogP) is -0.406. The molecule has 0 aromatic rings. The van der Waals surface area contributed by atoms with Crippen LogP contribution in [0.3, 0.4) is 0 Å². The molecule has 0 aromatic carbocycles.